The van der Waals surface area contributed by atoms with Crippen LogP contribution in [0.15, 0.2) is 0 Å². The second kappa shape index (κ2) is 6.86. The zero-order valence-corrected chi connectivity index (χ0v) is 17.3. The molecule has 4 nitrogen and oxygen atoms in total. The van der Waals surface area contributed by atoms with Crippen molar-refractivity contribution in [2.24, 2.45) is 46.2 Å². The number of esters is 1. The molecule has 4 rings (SSSR count). The molecule has 4 aliphatic rings. The number of fused-ring (bicyclic) bond motifs is 5. The lowest BCUT2D eigenvalue weighted by atomic mass is 9.43. The molecule has 0 aromatic rings. The third-order valence-corrected chi connectivity index (χ3v) is 9.34. The van der Waals surface area contributed by atoms with E-state index in [1.807, 2.05) is 0 Å². The quantitative estimate of drug-likeness (QED) is 0.754. The first-order valence-corrected chi connectivity index (χ1v) is 11.2. The standard InChI is InChI=1S/C23H37NO3/c1-14-12-16-17-4-5-20(25)23(17,3)10-7-18(16)22(2)9-6-15(13-19(14)22)27-21(26)8-11-24/h14-19H,4-13,24H2,1-3H3/t14?,15?,16-,17-,18+,19?,22+,23-/m0/s1. The van der Waals surface area contributed by atoms with E-state index in [4.69, 9.17) is 10.5 Å². The van der Waals surface area contributed by atoms with Gasteiger partial charge in [-0.2, -0.15) is 0 Å². The van der Waals surface area contributed by atoms with E-state index in [0.717, 1.165) is 44.4 Å². The van der Waals surface area contributed by atoms with Crippen molar-refractivity contribution in [2.75, 3.05) is 6.54 Å². The van der Waals surface area contributed by atoms with E-state index in [1.165, 1.54) is 12.8 Å². The Bertz CT molecular complexity index is 619. The zero-order chi connectivity index (χ0) is 19.4. The topological polar surface area (TPSA) is 69.4 Å². The highest BCUT2D eigenvalue weighted by atomic mass is 16.5. The Labute approximate surface area is 164 Å². The van der Waals surface area contributed by atoms with E-state index in [9.17, 15) is 9.59 Å². The highest BCUT2D eigenvalue weighted by Gasteiger charge is 2.61. The summed E-state index contributed by atoms with van der Waals surface area (Å²) in [6.07, 6.45) is 9.02. The summed E-state index contributed by atoms with van der Waals surface area (Å²) < 4.78 is 5.75. The van der Waals surface area contributed by atoms with Crippen LogP contribution in [-0.2, 0) is 14.3 Å². The van der Waals surface area contributed by atoms with Gasteiger partial charge in [-0.1, -0.05) is 20.8 Å². The fourth-order valence-electron chi connectivity index (χ4n) is 7.94. The minimum Gasteiger partial charge on any atom is -0.462 e. The van der Waals surface area contributed by atoms with Crippen LogP contribution in [0.25, 0.3) is 0 Å². The van der Waals surface area contributed by atoms with Crippen LogP contribution in [0.5, 0.6) is 0 Å². The predicted octanol–water partition coefficient (Wildman–Crippen LogP) is 4.10. The SMILES string of the molecule is CC1C[C@@H]2[C@@H](CC[C@]3(C)C(=O)CC[C@@H]23)[C@@]2(C)CCC(OC(=O)CCN)CC12. The highest BCUT2D eigenvalue weighted by molar-refractivity contribution is 5.87. The summed E-state index contributed by atoms with van der Waals surface area (Å²) in [5.74, 6) is 3.72. The number of rotatable bonds is 3. The molecular weight excluding hydrogens is 338 g/mol. The van der Waals surface area contributed by atoms with E-state index in [0.29, 0.717) is 47.8 Å². The van der Waals surface area contributed by atoms with Crippen molar-refractivity contribution in [1.82, 2.24) is 0 Å². The number of ketones is 1. The molecule has 0 heterocycles. The molecule has 0 aromatic carbocycles. The van der Waals surface area contributed by atoms with E-state index in [2.05, 4.69) is 20.8 Å². The molecule has 4 fully saturated rings. The number of hydrogen-bond donors (Lipinski definition) is 1. The molecule has 2 N–H and O–H groups in total. The molecule has 0 saturated heterocycles. The summed E-state index contributed by atoms with van der Waals surface area (Å²) in [5.41, 5.74) is 5.79. The molecule has 0 amide bonds. The van der Waals surface area contributed by atoms with Crippen molar-refractivity contribution in [1.29, 1.82) is 0 Å². The molecule has 4 saturated carbocycles. The van der Waals surface area contributed by atoms with Crippen molar-refractivity contribution in [3.63, 3.8) is 0 Å². The molecule has 8 atom stereocenters. The first kappa shape index (κ1) is 19.4. The van der Waals surface area contributed by atoms with Crippen molar-refractivity contribution < 1.29 is 14.3 Å². The molecule has 0 aromatic heterocycles. The molecule has 152 valence electrons. The third-order valence-electron chi connectivity index (χ3n) is 9.34. The van der Waals surface area contributed by atoms with Gasteiger partial charge in [-0.15, -0.1) is 0 Å². The summed E-state index contributed by atoms with van der Waals surface area (Å²) in [6, 6.07) is 0. The molecular formula is C23H37NO3. The van der Waals surface area contributed by atoms with Crippen LogP contribution in [-0.4, -0.2) is 24.4 Å². The third kappa shape index (κ3) is 2.97. The van der Waals surface area contributed by atoms with Crippen LogP contribution in [0, 0.1) is 40.4 Å². The Morgan fingerprint density at radius 3 is 2.63 bits per heavy atom. The number of ether oxygens (including phenoxy) is 1. The molecule has 0 aliphatic heterocycles. The smallest absolute Gasteiger partial charge is 0.307 e. The van der Waals surface area contributed by atoms with Gasteiger partial charge in [0.05, 0.1) is 6.42 Å². The summed E-state index contributed by atoms with van der Waals surface area (Å²) in [5, 5.41) is 0. The summed E-state index contributed by atoms with van der Waals surface area (Å²) >= 11 is 0. The molecule has 27 heavy (non-hydrogen) atoms. The van der Waals surface area contributed by atoms with Gasteiger partial charge < -0.3 is 10.5 Å². The maximum atomic E-state index is 12.6. The average molecular weight is 376 g/mol. The molecule has 0 spiro atoms. The lowest BCUT2D eigenvalue weighted by Crippen LogP contribution is -2.56. The van der Waals surface area contributed by atoms with Crippen molar-refractivity contribution >= 4 is 11.8 Å². The number of Topliss-reactive ketones (excluding diaryl/α,β-unsaturated/α-hetero) is 1. The van der Waals surface area contributed by atoms with Crippen LogP contribution in [0.2, 0.25) is 0 Å². The van der Waals surface area contributed by atoms with Crippen LogP contribution in [0.1, 0.15) is 78.6 Å². The van der Waals surface area contributed by atoms with Gasteiger partial charge in [-0.3, -0.25) is 9.59 Å². The average Bonchev–Trinajstić information content (AvgIpc) is 2.92. The minimum absolute atomic E-state index is 0.0426. The molecule has 0 radical (unpaired) electrons. The van der Waals surface area contributed by atoms with Gasteiger partial charge in [0.1, 0.15) is 11.9 Å². The summed E-state index contributed by atoms with van der Waals surface area (Å²) in [7, 11) is 0. The Hall–Kier alpha value is -0.900. The fraction of sp³-hybridized carbons (Fsp3) is 0.913. The second-order valence-electron chi connectivity index (χ2n) is 10.5. The van der Waals surface area contributed by atoms with Gasteiger partial charge in [-0.25, -0.2) is 0 Å². The monoisotopic (exact) mass is 375 g/mol. The van der Waals surface area contributed by atoms with Crippen molar-refractivity contribution in [2.45, 2.75) is 84.7 Å². The van der Waals surface area contributed by atoms with Crippen LogP contribution in [0.3, 0.4) is 0 Å². The first-order valence-electron chi connectivity index (χ1n) is 11.2. The highest BCUT2D eigenvalue weighted by Crippen LogP contribution is 2.66. The van der Waals surface area contributed by atoms with Crippen LogP contribution >= 0.6 is 0 Å². The maximum Gasteiger partial charge on any atom is 0.307 e. The maximum absolute atomic E-state index is 12.6. The second-order valence-corrected chi connectivity index (χ2v) is 10.5. The van der Waals surface area contributed by atoms with Crippen LogP contribution < -0.4 is 5.73 Å². The number of hydrogen-bond acceptors (Lipinski definition) is 4. The summed E-state index contributed by atoms with van der Waals surface area (Å²) in [6.45, 7) is 7.55. The zero-order valence-electron chi connectivity index (χ0n) is 17.3. The Balaban J connectivity index is 1.52. The van der Waals surface area contributed by atoms with Gasteiger partial charge in [-0.05, 0) is 80.0 Å². The Morgan fingerprint density at radius 2 is 1.89 bits per heavy atom. The number of carbonyl (C=O) groups is 2. The van der Waals surface area contributed by atoms with Gasteiger partial charge in [0, 0.05) is 18.4 Å². The van der Waals surface area contributed by atoms with Gasteiger partial charge in [0.2, 0.25) is 0 Å². The molecule has 3 unspecified atom stereocenters. The van der Waals surface area contributed by atoms with Crippen LogP contribution in [0.4, 0.5) is 0 Å². The first-order chi connectivity index (χ1) is 12.8. The van der Waals surface area contributed by atoms with E-state index in [-0.39, 0.29) is 17.5 Å². The van der Waals surface area contributed by atoms with E-state index < -0.39 is 0 Å². The Morgan fingerprint density at radius 1 is 1.11 bits per heavy atom. The van der Waals surface area contributed by atoms with Gasteiger partial charge in [0.15, 0.2) is 0 Å². The predicted molar refractivity (Wildman–Crippen MR) is 105 cm³/mol. The molecule has 0 bridgehead atoms. The normalized spacial score (nSPS) is 49.1. The van der Waals surface area contributed by atoms with Crippen molar-refractivity contribution in [3.05, 3.63) is 0 Å². The number of nitrogens with two attached hydrogens (primary N) is 1. The fourth-order valence-corrected chi connectivity index (χ4v) is 7.94. The lowest BCUT2D eigenvalue weighted by Gasteiger charge is -2.62. The van der Waals surface area contributed by atoms with E-state index in [1.54, 1.807) is 0 Å². The largest absolute Gasteiger partial charge is 0.462 e. The van der Waals surface area contributed by atoms with Gasteiger partial charge in [0.25, 0.3) is 0 Å². The van der Waals surface area contributed by atoms with Gasteiger partial charge >= 0.3 is 5.97 Å². The lowest BCUT2D eigenvalue weighted by molar-refractivity contribution is -0.168. The van der Waals surface area contributed by atoms with E-state index >= 15 is 0 Å². The summed E-state index contributed by atoms with van der Waals surface area (Å²) in [4.78, 5) is 24.5. The minimum atomic E-state index is -0.134. The molecule has 4 heteroatoms. The Kier molecular flexibility index (Phi) is 4.93. The molecule has 4 aliphatic carbocycles. The number of carbonyl (C=O) groups excluding carboxylic acids is 2. The van der Waals surface area contributed by atoms with Crippen molar-refractivity contribution in [3.8, 4) is 0 Å².